The van der Waals surface area contributed by atoms with Crippen molar-refractivity contribution in [3.05, 3.63) is 11.8 Å². The van der Waals surface area contributed by atoms with E-state index in [4.69, 9.17) is 4.98 Å². The van der Waals surface area contributed by atoms with E-state index >= 15 is 0 Å². The van der Waals surface area contributed by atoms with Crippen LogP contribution in [0.15, 0.2) is 6.07 Å². The highest BCUT2D eigenvalue weighted by Crippen LogP contribution is 2.61. The Morgan fingerprint density at radius 3 is 2.13 bits per heavy atom. The van der Waals surface area contributed by atoms with Crippen LogP contribution in [0, 0.1) is 30.1 Å². The number of rotatable bonds is 4. The van der Waals surface area contributed by atoms with Crippen LogP contribution in [0.3, 0.4) is 0 Å². The van der Waals surface area contributed by atoms with Crippen LogP contribution < -0.4 is 9.80 Å². The lowest BCUT2D eigenvalue weighted by Gasteiger charge is -2.57. The highest BCUT2D eigenvalue weighted by Gasteiger charge is 2.51. The number of anilines is 2. The van der Waals surface area contributed by atoms with Crippen molar-refractivity contribution >= 4 is 17.7 Å². The summed E-state index contributed by atoms with van der Waals surface area (Å²) in [4.78, 5) is 29.7. The largest absolute Gasteiger partial charge is 0.353 e. The van der Waals surface area contributed by atoms with Crippen LogP contribution in [-0.4, -0.2) is 60.0 Å². The van der Waals surface area contributed by atoms with Crippen LogP contribution in [0.25, 0.3) is 0 Å². The molecule has 2 saturated heterocycles. The minimum Gasteiger partial charge on any atom is -0.353 e. The molecule has 31 heavy (non-hydrogen) atoms. The first-order valence-electron chi connectivity index (χ1n) is 12.7. The summed E-state index contributed by atoms with van der Waals surface area (Å²) in [6, 6.07) is 2.10. The molecule has 0 atom stereocenters. The second-order valence-electron chi connectivity index (χ2n) is 11.3. The van der Waals surface area contributed by atoms with Gasteiger partial charge in [-0.25, -0.2) is 4.98 Å². The average molecular weight is 424 g/mol. The summed E-state index contributed by atoms with van der Waals surface area (Å²) >= 11 is 0. The number of hydrogen-bond acceptors (Lipinski definition) is 5. The van der Waals surface area contributed by atoms with Crippen LogP contribution in [0.4, 0.5) is 11.8 Å². The number of carbonyl (C=O) groups excluding carboxylic acids is 1. The third kappa shape index (κ3) is 3.80. The number of carbonyl (C=O) groups is 1. The van der Waals surface area contributed by atoms with Gasteiger partial charge >= 0.3 is 0 Å². The molecule has 0 radical (unpaired) electrons. The molecule has 6 nitrogen and oxygen atoms in total. The summed E-state index contributed by atoms with van der Waals surface area (Å²) in [7, 11) is 0. The van der Waals surface area contributed by atoms with Gasteiger partial charge < -0.3 is 14.7 Å². The zero-order chi connectivity index (χ0) is 21.0. The Labute approximate surface area is 186 Å². The van der Waals surface area contributed by atoms with Crippen LogP contribution in [0.2, 0.25) is 0 Å². The van der Waals surface area contributed by atoms with E-state index < -0.39 is 0 Å². The molecule has 1 amide bonds. The molecule has 0 aromatic carbocycles. The standard InChI is InChI=1S/C25H37N5O/c1-18-10-22(27-24(26-18)30-4-2-3-5-30)28-6-8-29(9-7-28)23(31)17-25-14-19-11-20(15-25)13-21(12-19)16-25/h10,19-21H,2-9,11-17H2,1H3. The van der Waals surface area contributed by atoms with Gasteiger partial charge in [0.05, 0.1) is 0 Å². The molecule has 1 aromatic heterocycles. The van der Waals surface area contributed by atoms with Crippen LogP contribution in [-0.2, 0) is 4.79 Å². The number of hydrogen-bond donors (Lipinski definition) is 0. The van der Waals surface area contributed by atoms with Crippen molar-refractivity contribution in [2.45, 2.75) is 64.7 Å². The van der Waals surface area contributed by atoms with E-state index in [0.717, 1.165) is 80.9 Å². The predicted molar refractivity (Wildman–Crippen MR) is 122 cm³/mol. The molecule has 1 aromatic rings. The number of nitrogens with zero attached hydrogens (tertiary/aromatic N) is 5. The summed E-state index contributed by atoms with van der Waals surface area (Å²) in [6.45, 7) is 7.60. The average Bonchev–Trinajstić information content (AvgIpc) is 3.27. The lowest BCUT2D eigenvalue weighted by Crippen LogP contribution is -2.52. The Morgan fingerprint density at radius 2 is 1.52 bits per heavy atom. The van der Waals surface area contributed by atoms with Crippen molar-refractivity contribution in [3.8, 4) is 0 Å². The number of aromatic nitrogens is 2. The molecule has 6 aliphatic rings. The molecule has 7 rings (SSSR count). The molecule has 168 valence electrons. The van der Waals surface area contributed by atoms with Gasteiger partial charge in [-0.3, -0.25) is 4.79 Å². The second-order valence-corrected chi connectivity index (χ2v) is 11.3. The van der Waals surface area contributed by atoms with Crippen molar-refractivity contribution in [1.82, 2.24) is 14.9 Å². The normalized spacial score (nSPS) is 34.6. The lowest BCUT2D eigenvalue weighted by atomic mass is 9.49. The fraction of sp³-hybridized carbons (Fsp3) is 0.800. The summed E-state index contributed by atoms with van der Waals surface area (Å²) in [5, 5.41) is 0. The zero-order valence-corrected chi connectivity index (χ0v) is 19.1. The van der Waals surface area contributed by atoms with E-state index in [-0.39, 0.29) is 0 Å². The number of amides is 1. The van der Waals surface area contributed by atoms with E-state index in [1.807, 2.05) is 0 Å². The first-order valence-corrected chi connectivity index (χ1v) is 12.7. The lowest BCUT2D eigenvalue weighted by molar-refractivity contribution is -0.139. The van der Waals surface area contributed by atoms with Gasteiger partial charge in [-0.05, 0) is 81.5 Å². The topological polar surface area (TPSA) is 52.6 Å². The van der Waals surface area contributed by atoms with E-state index in [0.29, 0.717) is 11.3 Å². The molecule has 4 aliphatic carbocycles. The van der Waals surface area contributed by atoms with Crippen molar-refractivity contribution in [3.63, 3.8) is 0 Å². The van der Waals surface area contributed by atoms with Gasteiger partial charge in [0.15, 0.2) is 0 Å². The number of aryl methyl sites for hydroxylation is 1. The van der Waals surface area contributed by atoms with Gasteiger partial charge in [-0.1, -0.05) is 0 Å². The maximum absolute atomic E-state index is 13.3. The highest BCUT2D eigenvalue weighted by atomic mass is 16.2. The highest BCUT2D eigenvalue weighted by molar-refractivity contribution is 5.77. The molecular weight excluding hydrogens is 386 g/mol. The molecule has 4 saturated carbocycles. The Kier molecular flexibility index (Phi) is 4.87. The molecule has 0 unspecified atom stereocenters. The molecule has 2 aliphatic heterocycles. The monoisotopic (exact) mass is 423 g/mol. The first kappa shape index (κ1) is 19.8. The molecule has 6 heteroatoms. The Hall–Kier alpha value is -1.85. The quantitative estimate of drug-likeness (QED) is 0.740. The fourth-order valence-electron chi connectivity index (χ4n) is 7.88. The first-order chi connectivity index (χ1) is 15.1. The summed E-state index contributed by atoms with van der Waals surface area (Å²) in [6.07, 6.45) is 11.6. The molecule has 0 N–H and O–H groups in total. The third-order valence-electron chi connectivity index (χ3n) is 8.87. The van der Waals surface area contributed by atoms with Gasteiger partial charge in [0.1, 0.15) is 5.82 Å². The Balaban J connectivity index is 1.08. The second kappa shape index (κ2) is 7.63. The van der Waals surface area contributed by atoms with Crippen LogP contribution >= 0.6 is 0 Å². The van der Waals surface area contributed by atoms with Gasteiger partial charge in [0.2, 0.25) is 11.9 Å². The van der Waals surface area contributed by atoms with Crippen molar-refractivity contribution in [2.75, 3.05) is 49.1 Å². The summed E-state index contributed by atoms with van der Waals surface area (Å²) < 4.78 is 0. The molecule has 4 bridgehead atoms. The molecule has 6 fully saturated rings. The van der Waals surface area contributed by atoms with Gasteiger partial charge in [-0.2, -0.15) is 4.98 Å². The minimum atomic E-state index is 0.345. The molecule has 3 heterocycles. The summed E-state index contributed by atoms with van der Waals surface area (Å²) in [5.74, 6) is 5.08. The fourth-order valence-corrected chi connectivity index (χ4v) is 7.88. The van der Waals surface area contributed by atoms with Crippen molar-refractivity contribution < 1.29 is 4.79 Å². The molecule has 0 spiro atoms. The van der Waals surface area contributed by atoms with Gasteiger partial charge in [0, 0.05) is 57.4 Å². The Bertz CT molecular complexity index is 805. The van der Waals surface area contributed by atoms with E-state index in [9.17, 15) is 4.79 Å². The van der Waals surface area contributed by atoms with E-state index in [1.54, 1.807) is 0 Å². The summed E-state index contributed by atoms with van der Waals surface area (Å²) in [5.41, 5.74) is 1.38. The smallest absolute Gasteiger partial charge is 0.227 e. The maximum Gasteiger partial charge on any atom is 0.227 e. The van der Waals surface area contributed by atoms with Gasteiger partial charge in [-0.15, -0.1) is 0 Å². The van der Waals surface area contributed by atoms with Crippen molar-refractivity contribution in [2.24, 2.45) is 23.2 Å². The maximum atomic E-state index is 13.3. The van der Waals surface area contributed by atoms with Crippen LogP contribution in [0.1, 0.15) is 63.5 Å². The van der Waals surface area contributed by atoms with Crippen molar-refractivity contribution in [1.29, 1.82) is 0 Å². The Morgan fingerprint density at radius 1 is 0.903 bits per heavy atom. The van der Waals surface area contributed by atoms with E-state index in [1.165, 1.54) is 51.4 Å². The zero-order valence-electron chi connectivity index (χ0n) is 19.1. The van der Waals surface area contributed by atoms with E-state index in [2.05, 4.69) is 32.7 Å². The third-order valence-corrected chi connectivity index (χ3v) is 8.87. The predicted octanol–water partition coefficient (Wildman–Crippen LogP) is 3.64. The number of piperazine rings is 1. The minimum absolute atomic E-state index is 0.345. The molecular formula is C25H37N5O. The van der Waals surface area contributed by atoms with Gasteiger partial charge in [0.25, 0.3) is 0 Å². The van der Waals surface area contributed by atoms with Crippen LogP contribution in [0.5, 0.6) is 0 Å². The SMILES string of the molecule is Cc1cc(N2CCN(C(=O)CC34CC5CC(CC(C5)C3)C4)CC2)nc(N2CCCC2)n1.